The van der Waals surface area contributed by atoms with Gasteiger partial charge in [0.15, 0.2) is 11.9 Å². The second-order valence-corrected chi connectivity index (χ2v) is 15.7. The number of amides is 1. The van der Waals surface area contributed by atoms with Crippen LogP contribution in [0.5, 0.6) is 5.75 Å². The number of carbonyl (C=O) groups excluding carboxylic acids is 3. The van der Waals surface area contributed by atoms with Crippen LogP contribution in [0.1, 0.15) is 80.2 Å². The van der Waals surface area contributed by atoms with Gasteiger partial charge in [-0.3, -0.25) is 9.69 Å². The average molecular weight is 731 g/mol. The van der Waals surface area contributed by atoms with E-state index < -0.39 is 71.7 Å². The van der Waals surface area contributed by atoms with Crippen LogP contribution in [0.25, 0.3) is 0 Å². The van der Waals surface area contributed by atoms with Crippen molar-refractivity contribution >= 4 is 17.8 Å². The predicted molar refractivity (Wildman–Crippen MR) is 196 cm³/mol. The summed E-state index contributed by atoms with van der Waals surface area (Å²) in [7, 11) is 7.01. The highest BCUT2D eigenvalue weighted by atomic mass is 16.7. The summed E-state index contributed by atoms with van der Waals surface area (Å²) in [6, 6.07) is 6.69. The number of nitrogens with zero attached hydrogens (tertiary/aromatic N) is 2. The molecule has 0 unspecified atom stereocenters. The lowest BCUT2D eigenvalue weighted by Crippen LogP contribution is -2.59. The Hall–Kier alpha value is -3.03. The first-order valence-corrected chi connectivity index (χ1v) is 18.7. The van der Waals surface area contributed by atoms with Gasteiger partial charge in [0.2, 0.25) is 0 Å². The topological polar surface area (TPSA) is 133 Å². The number of rotatable bonds is 9. The number of benzene rings is 1. The maximum absolute atomic E-state index is 14.6. The van der Waals surface area contributed by atoms with Crippen molar-refractivity contribution in [3.05, 3.63) is 41.5 Å². The number of methoxy groups -OCH3 is 2. The van der Waals surface area contributed by atoms with E-state index in [0.29, 0.717) is 30.6 Å². The number of hydrogen-bond acceptors (Lipinski definition) is 11. The van der Waals surface area contributed by atoms with Crippen LogP contribution in [0, 0.1) is 17.8 Å². The van der Waals surface area contributed by atoms with Gasteiger partial charge in [0.1, 0.15) is 23.7 Å². The monoisotopic (exact) mass is 730 g/mol. The number of esters is 1. The Kier molecular flexibility index (Phi) is 13.6. The molecule has 1 aromatic carbocycles. The molecule has 0 aromatic heterocycles. The second kappa shape index (κ2) is 17.0. The molecule has 1 amide bonds. The minimum absolute atomic E-state index is 0.0872. The van der Waals surface area contributed by atoms with E-state index in [1.54, 1.807) is 39.0 Å². The van der Waals surface area contributed by atoms with Gasteiger partial charge in [0.05, 0.1) is 31.0 Å². The minimum atomic E-state index is -1.31. The summed E-state index contributed by atoms with van der Waals surface area (Å²) in [6.07, 6.45) is -0.743. The van der Waals surface area contributed by atoms with Crippen molar-refractivity contribution in [2.75, 3.05) is 34.9 Å². The van der Waals surface area contributed by atoms with E-state index in [2.05, 4.69) is 0 Å². The Bertz CT molecular complexity index is 1450. The first-order chi connectivity index (χ1) is 24.4. The van der Waals surface area contributed by atoms with Crippen molar-refractivity contribution < 1.29 is 47.9 Å². The molecule has 0 radical (unpaired) electrons. The fraction of sp³-hybridized carbons (Fsp3) is 0.725. The first kappa shape index (κ1) is 41.7. The Balaban J connectivity index is 1.76. The number of likely N-dealkylation sites (N-methyl/N-ethyl adjacent to an activating group) is 1. The summed E-state index contributed by atoms with van der Waals surface area (Å²) in [5.41, 5.74) is -1.08. The van der Waals surface area contributed by atoms with Crippen LogP contribution in [0.4, 0.5) is 4.79 Å². The minimum Gasteiger partial charge on any atom is -0.497 e. The summed E-state index contributed by atoms with van der Waals surface area (Å²) >= 11 is 0. The smallest absolute Gasteiger partial charge is 0.410 e. The molecule has 0 spiro atoms. The van der Waals surface area contributed by atoms with Gasteiger partial charge in [-0.15, -0.1) is 0 Å². The highest BCUT2D eigenvalue weighted by molar-refractivity contribution is 5.88. The van der Waals surface area contributed by atoms with Crippen molar-refractivity contribution in [3.63, 3.8) is 0 Å². The lowest BCUT2D eigenvalue weighted by molar-refractivity contribution is -0.294. The van der Waals surface area contributed by atoms with Crippen LogP contribution in [0.15, 0.2) is 35.9 Å². The Morgan fingerprint density at radius 2 is 1.77 bits per heavy atom. The summed E-state index contributed by atoms with van der Waals surface area (Å²) in [5.74, 6) is -1.63. The highest BCUT2D eigenvalue weighted by Crippen LogP contribution is 2.43. The van der Waals surface area contributed by atoms with Gasteiger partial charge in [-0.25, -0.2) is 9.59 Å². The van der Waals surface area contributed by atoms with Crippen molar-refractivity contribution in [2.24, 2.45) is 17.8 Å². The molecule has 12 nitrogen and oxygen atoms in total. The number of fused-ring (bicyclic) bond motifs is 1. The van der Waals surface area contributed by atoms with Gasteiger partial charge >= 0.3 is 12.1 Å². The molecule has 2 saturated heterocycles. The number of carbonyl (C=O) groups is 3. The highest BCUT2D eigenvalue weighted by Gasteiger charge is 2.60. The number of aliphatic hydroxyl groups excluding tert-OH is 1. The molecule has 1 aromatic rings. The van der Waals surface area contributed by atoms with Gasteiger partial charge in [-0.05, 0) is 85.2 Å². The fourth-order valence-electron chi connectivity index (χ4n) is 8.69. The molecule has 1 N–H and O–H groups in total. The summed E-state index contributed by atoms with van der Waals surface area (Å²) in [6.45, 7) is 15.0. The average Bonchev–Trinajstić information content (AvgIpc) is 3.37. The molecule has 3 aliphatic heterocycles. The molecular formula is C40H62N2O10. The summed E-state index contributed by atoms with van der Waals surface area (Å²) in [5, 5.41) is 11.4. The number of ether oxygens (including phenoxy) is 6. The predicted octanol–water partition coefficient (Wildman–Crippen LogP) is 5.18. The van der Waals surface area contributed by atoms with Crippen LogP contribution in [0.3, 0.4) is 0 Å². The molecule has 4 rings (SSSR count). The second-order valence-electron chi connectivity index (χ2n) is 15.7. The fourth-order valence-corrected chi connectivity index (χ4v) is 8.69. The maximum Gasteiger partial charge on any atom is 0.410 e. The van der Waals surface area contributed by atoms with Crippen molar-refractivity contribution in [2.45, 2.75) is 135 Å². The Morgan fingerprint density at radius 3 is 2.38 bits per heavy atom. The standard InChI is InChI=1S/C40H62N2O10/c1-13-31-40(8)34(42(38(46)52-40)18-17-28-15-14-16-29(21-28)47-11)27(6)32(43)25(4)22-39(7,48-12)35(23(2)19-24(3)36(45)50-31)51-37-33(44)30(41(9)10)20-26(5)49-37/h14-16,19,21,23,25-27,30-31,33-35,37,44H,13,17-18,20,22H2,1-12H3/b24-19+/t23-,25+,26+,27-,30-,31+,33+,34+,35+,37-,39+,40+/m0/s1. The molecule has 12 atom stereocenters. The molecule has 0 saturated carbocycles. The number of Topliss-reactive ketones (excluding diaryl/α,β-unsaturated/α-hetero) is 1. The van der Waals surface area contributed by atoms with Crippen molar-refractivity contribution in [1.82, 2.24) is 9.80 Å². The number of aliphatic hydroxyl groups is 1. The SMILES string of the molecule is CC[C@H]1OC(=O)/C(C)=C/[C@H](C)[C@@H](O[C@@H]2O[C@H](C)C[C@H](N(C)C)[C@H]2O)[C@](C)(OC)C[C@@H](C)C(=O)[C@H](C)[C@H]2N(CCc3cccc(OC)c3)C(=O)O[C@]12C. The Labute approximate surface area is 310 Å². The largest absolute Gasteiger partial charge is 0.497 e. The van der Waals surface area contributed by atoms with E-state index in [-0.39, 0.29) is 30.9 Å². The van der Waals surface area contributed by atoms with E-state index in [4.69, 9.17) is 28.4 Å². The molecule has 2 fully saturated rings. The van der Waals surface area contributed by atoms with Gasteiger partial charge in [-0.2, -0.15) is 0 Å². The van der Waals surface area contributed by atoms with Gasteiger partial charge < -0.3 is 38.4 Å². The number of ketones is 1. The quantitative estimate of drug-likeness (QED) is 0.337. The zero-order valence-corrected chi connectivity index (χ0v) is 33.2. The zero-order valence-electron chi connectivity index (χ0n) is 33.2. The first-order valence-electron chi connectivity index (χ1n) is 18.7. The summed E-state index contributed by atoms with van der Waals surface area (Å²) in [4.78, 5) is 45.8. The molecule has 3 heterocycles. The molecular weight excluding hydrogens is 668 g/mol. The summed E-state index contributed by atoms with van der Waals surface area (Å²) < 4.78 is 36.8. The third-order valence-electron chi connectivity index (χ3n) is 11.6. The third kappa shape index (κ3) is 8.67. The van der Waals surface area contributed by atoms with Crippen molar-refractivity contribution in [3.8, 4) is 5.75 Å². The van der Waals surface area contributed by atoms with E-state index in [9.17, 15) is 19.5 Å². The van der Waals surface area contributed by atoms with Crippen LogP contribution in [0.2, 0.25) is 0 Å². The van der Waals surface area contributed by atoms with Gasteiger partial charge in [-0.1, -0.05) is 45.9 Å². The van der Waals surface area contributed by atoms with E-state index in [0.717, 1.165) is 5.56 Å². The lowest BCUT2D eigenvalue weighted by Gasteiger charge is -2.47. The van der Waals surface area contributed by atoms with Crippen LogP contribution >= 0.6 is 0 Å². The lowest BCUT2D eigenvalue weighted by atomic mass is 9.74. The molecule has 0 aliphatic carbocycles. The van der Waals surface area contributed by atoms with E-state index in [1.807, 2.05) is 84.8 Å². The molecule has 12 heteroatoms. The van der Waals surface area contributed by atoms with E-state index in [1.165, 1.54) is 0 Å². The van der Waals surface area contributed by atoms with Gasteiger partial charge in [0.25, 0.3) is 0 Å². The maximum atomic E-state index is 14.6. The van der Waals surface area contributed by atoms with Crippen LogP contribution in [-0.4, -0.2) is 122 Å². The number of hydrogen-bond donors (Lipinski definition) is 1. The molecule has 52 heavy (non-hydrogen) atoms. The van der Waals surface area contributed by atoms with E-state index >= 15 is 0 Å². The molecule has 0 bridgehead atoms. The zero-order chi connectivity index (χ0) is 38.7. The molecule has 292 valence electrons. The normalized spacial score (nSPS) is 38.9. The molecule has 3 aliphatic rings. The van der Waals surface area contributed by atoms with Crippen LogP contribution in [-0.2, 0) is 39.7 Å². The Morgan fingerprint density at radius 1 is 1.08 bits per heavy atom. The van der Waals surface area contributed by atoms with Crippen LogP contribution < -0.4 is 4.74 Å². The number of cyclic esters (lactones) is 1. The third-order valence-corrected chi connectivity index (χ3v) is 11.6. The van der Waals surface area contributed by atoms with Gasteiger partial charge in [0, 0.05) is 43.0 Å². The van der Waals surface area contributed by atoms with Crippen molar-refractivity contribution in [1.29, 1.82) is 0 Å².